The lowest BCUT2D eigenvalue weighted by atomic mass is 9.84. The Hall–Kier alpha value is -3.58. The Bertz CT molecular complexity index is 1530. The number of piperidine rings is 1. The highest BCUT2D eigenvalue weighted by Crippen LogP contribution is 2.40. The van der Waals surface area contributed by atoms with Gasteiger partial charge in [0.2, 0.25) is 27.7 Å². The van der Waals surface area contributed by atoms with Gasteiger partial charge in [0.15, 0.2) is 0 Å². The second kappa shape index (κ2) is 12.0. The molecule has 1 aromatic carbocycles. The maximum Gasteiger partial charge on any atom is 0.248 e. The van der Waals surface area contributed by atoms with E-state index in [1.54, 1.807) is 38.4 Å². The van der Waals surface area contributed by atoms with Gasteiger partial charge in [-0.05, 0) is 67.5 Å². The number of aromatic nitrogens is 3. The average Bonchev–Trinajstić information content (AvgIpc) is 3.43. The third-order valence-corrected chi connectivity index (χ3v) is 9.39. The first kappa shape index (κ1) is 29.9. The molecule has 3 aromatic rings. The molecule has 2 fully saturated rings. The largest absolute Gasteiger partial charge is 0.419 e. The highest BCUT2D eigenvalue weighted by Gasteiger charge is 2.36. The first-order valence-electron chi connectivity index (χ1n) is 14.1. The Balaban J connectivity index is 1.52. The Morgan fingerprint density at radius 2 is 1.81 bits per heavy atom. The van der Waals surface area contributed by atoms with Crippen molar-refractivity contribution in [2.24, 2.45) is 11.8 Å². The maximum atomic E-state index is 13.6. The number of rotatable bonds is 10. The van der Waals surface area contributed by atoms with Crippen molar-refractivity contribution in [1.82, 2.24) is 25.4 Å². The second-order valence-corrected chi connectivity index (χ2v) is 13.6. The summed E-state index contributed by atoms with van der Waals surface area (Å²) in [6.07, 6.45) is 3.99. The molecule has 0 spiro atoms. The molecule has 1 N–H and O–H groups in total. The van der Waals surface area contributed by atoms with Gasteiger partial charge in [0.25, 0.3) is 0 Å². The first-order chi connectivity index (χ1) is 19.9. The summed E-state index contributed by atoms with van der Waals surface area (Å²) >= 11 is 0. The van der Waals surface area contributed by atoms with Crippen LogP contribution in [0.5, 0.6) is 0 Å². The maximum absolute atomic E-state index is 13.6. The molecule has 1 saturated heterocycles. The topological polar surface area (TPSA) is 125 Å². The summed E-state index contributed by atoms with van der Waals surface area (Å²) in [5.74, 6) is 1.81. The molecule has 11 nitrogen and oxygen atoms in total. The summed E-state index contributed by atoms with van der Waals surface area (Å²) in [6.45, 7) is 3.65. The van der Waals surface area contributed by atoms with Crippen molar-refractivity contribution < 1.29 is 22.0 Å². The summed E-state index contributed by atoms with van der Waals surface area (Å²) in [5, 5.41) is 12.2. The lowest BCUT2D eigenvalue weighted by Crippen LogP contribution is -2.38. The minimum atomic E-state index is -3.63. The van der Waals surface area contributed by atoms with E-state index in [0.717, 1.165) is 41.9 Å². The van der Waals surface area contributed by atoms with Gasteiger partial charge in [0, 0.05) is 39.2 Å². The van der Waals surface area contributed by atoms with Crippen LogP contribution < -0.4 is 14.5 Å². The molecule has 2 unspecified atom stereocenters. The van der Waals surface area contributed by atoms with Crippen molar-refractivity contribution in [3.63, 3.8) is 0 Å². The first-order valence-corrected chi connectivity index (χ1v) is 16.0. The number of hydrogen-bond donors (Lipinski definition) is 1. The highest BCUT2D eigenvalue weighted by molar-refractivity contribution is 7.92. The Labute approximate surface area is 246 Å². The second-order valence-electron chi connectivity index (χ2n) is 11.6. The number of hydrogen-bond acceptors (Lipinski definition) is 9. The van der Waals surface area contributed by atoms with Crippen LogP contribution in [0.4, 0.5) is 16.0 Å². The van der Waals surface area contributed by atoms with Crippen molar-refractivity contribution in [2.75, 3.05) is 56.2 Å². The van der Waals surface area contributed by atoms with Gasteiger partial charge in [-0.1, -0.05) is 19.1 Å². The normalized spacial score (nSPS) is 22.0. The predicted octanol–water partition coefficient (Wildman–Crippen LogP) is 3.43. The molecule has 5 rings (SSSR count). The lowest BCUT2D eigenvalue weighted by molar-refractivity contribution is -0.127. The number of benzene rings is 1. The number of carbonyl (C=O) groups is 1. The van der Waals surface area contributed by atoms with Crippen LogP contribution in [0.15, 0.2) is 40.8 Å². The van der Waals surface area contributed by atoms with Crippen molar-refractivity contribution in [1.29, 1.82) is 0 Å². The molecule has 1 saturated carbocycles. The van der Waals surface area contributed by atoms with E-state index in [9.17, 15) is 17.6 Å². The van der Waals surface area contributed by atoms with Crippen molar-refractivity contribution >= 4 is 27.6 Å². The third-order valence-electron chi connectivity index (χ3n) is 8.21. The number of amides is 1. The van der Waals surface area contributed by atoms with Crippen LogP contribution in [0.2, 0.25) is 0 Å². The predicted molar refractivity (Wildman–Crippen MR) is 158 cm³/mol. The molecule has 1 amide bonds. The van der Waals surface area contributed by atoms with Crippen molar-refractivity contribution in [3.8, 4) is 11.5 Å². The van der Waals surface area contributed by atoms with Crippen LogP contribution in [-0.4, -0.2) is 81.4 Å². The molecular weight excluding hydrogens is 561 g/mol. The molecule has 1 aliphatic heterocycles. The molecule has 2 aromatic heterocycles. The highest BCUT2D eigenvalue weighted by atomic mass is 32.2. The van der Waals surface area contributed by atoms with Crippen LogP contribution in [0.3, 0.4) is 0 Å². The number of pyridine rings is 1. The number of carbonyl (C=O) groups excluding carboxylic acids is 1. The molecule has 3 heterocycles. The fourth-order valence-corrected chi connectivity index (χ4v) is 5.73. The zero-order valence-corrected chi connectivity index (χ0v) is 25.4. The monoisotopic (exact) mass is 599 g/mol. The molecule has 2 aliphatic rings. The number of anilines is 2. The summed E-state index contributed by atoms with van der Waals surface area (Å²) in [6, 6.07) is 9.56. The zero-order valence-electron chi connectivity index (χ0n) is 24.6. The van der Waals surface area contributed by atoms with Crippen LogP contribution in [0, 0.1) is 17.7 Å². The van der Waals surface area contributed by atoms with Crippen molar-refractivity contribution in [3.05, 3.63) is 53.7 Å². The van der Waals surface area contributed by atoms with Gasteiger partial charge in [0.05, 0.1) is 18.8 Å². The molecule has 13 heteroatoms. The molecule has 0 radical (unpaired) electrons. The van der Waals surface area contributed by atoms with E-state index in [0.29, 0.717) is 35.7 Å². The number of halogens is 1. The van der Waals surface area contributed by atoms with Gasteiger partial charge in [-0.15, -0.1) is 10.2 Å². The molecule has 42 heavy (non-hydrogen) atoms. The molecule has 4 atom stereocenters. The van der Waals surface area contributed by atoms with Crippen LogP contribution in [-0.2, 0) is 14.8 Å². The average molecular weight is 600 g/mol. The lowest BCUT2D eigenvalue weighted by Gasteiger charge is -2.30. The number of nitrogens with zero attached hydrogens (tertiary/aromatic N) is 6. The van der Waals surface area contributed by atoms with E-state index < -0.39 is 10.0 Å². The number of nitrogens with one attached hydrogen (secondary N) is 1. The van der Waals surface area contributed by atoms with E-state index in [1.165, 1.54) is 24.1 Å². The Kier molecular flexibility index (Phi) is 8.51. The van der Waals surface area contributed by atoms with E-state index in [1.807, 2.05) is 4.90 Å². The minimum Gasteiger partial charge on any atom is -0.419 e. The molecular formula is C29H38FN7O4S. The Morgan fingerprint density at radius 1 is 1.12 bits per heavy atom. The van der Waals surface area contributed by atoms with E-state index in [2.05, 4.69) is 27.4 Å². The summed E-state index contributed by atoms with van der Waals surface area (Å²) in [5.41, 5.74) is 1.47. The van der Waals surface area contributed by atoms with Gasteiger partial charge in [-0.2, -0.15) is 0 Å². The molecule has 0 bridgehead atoms. The van der Waals surface area contributed by atoms with E-state index >= 15 is 0 Å². The van der Waals surface area contributed by atoms with E-state index in [-0.39, 0.29) is 41.9 Å². The quantitative estimate of drug-likeness (QED) is 0.373. The van der Waals surface area contributed by atoms with Gasteiger partial charge in [0.1, 0.15) is 17.5 Å². The molecule has 1 aliphatic carbocycles. The standard InChI is InChI=1S/C29H38FN7O4S/c1-18-13-21(18)16-37(17-26(38)35(2)3)25-15-20(14-24(32-25)36(4)42(5,39)40)28-33-34-29(41-28)27-23(7-6-12-31-27)19-8-10-22(30)11-9-19/h8-11,14-15,18,21,23,27,31H,6-7,12-13,16-17H2,1-5H3/t18-,21+,23?,27?/m0/s1. The van der Waals surface area contributed by atoms with Crippen LogP contribution in [0.1, 0.15) is 49.6 Å². The van der Waals surface area contributed by atoms with Gasteiger partial charge < -0.3 is 19.5 Å². The molecule has 226 valence electrons. The van der Waals surface area contributed by atoms with Crippen LogP contribution >= 0.6 is 0 Å². The summed E-state index contributed by atoms with van der Waals surface area (Å²) in [4.78, 5) is 20.9. The minimum absolute atomic E-state index is 0.0145. The Morgan fingerprint density at radius 3 is 2.45 bits per heavy atom. The third kappa shape index (κ3) is 6.73. The fraction of sp³-hybridized carbons (Fsp3) is 0.517. The van der Waals surface area contributed by atoms with Gasteiger partial charge in [-0.25, -0.2) is 17.8 Å². The van der Waals surface area contributed by atoms with Gasteiger partial charge in [-0.3, -0.25) is 9.10 Å². The van der Waals surface area contributed by atoms with E-state index in [4.69, 9.17) is 4.42 Å². The van der Waals surface area contributed by atoms with Gasteiger partial charge >= 0.3 is 0 Å². The summed E-state index contributed by atoms with van der Waals surface area (Å²) in [7, 11) is 1.20. The summed E-state index contributed by atoms with van der Waals surface area (Å²) < 4.78 is 45.9. The smallest absolute Gasteiger partial charge is 0.248 e. The SMILES string of the molecule is C[C@H]1C[C@@H]1CN(CC(=O)N(C)C)c1cc(-c2nnc(C3NCCCC3c3ccc(F)cc3)o2)cc(N(C)S(C)(=O)=O)n1. The van der Waals surface area contributed by atoms with Crippen molar-refractivity contribution in [2.45, 2.75) is 38.1 Å². The number of likely N-dealkylation sites (N-methyl/N-ethyl adjacent to an activating group) is 1. The number of sulfonamides is 1. The van der Waals surface area contributed by atoms with Crippen LogP contribution in [0.25, 0.3) is 11.5 Å². The fourth-order valence-electron chi connectivity index (χ4n) is 5.29. The zero-order chi connectivity index (χ0) is 30.2.